The first-order chi connectivity index (χ1) is 8.66. The number of amides is 1. The predicted octanol–water partition coefficient (Wildman–Crippen LogP) is 0.997. The molecule has 1 N–H and O–H groups in total. The molecule has 1 amide bonds. The van der Waals surface area contributed by atoms with Crippen LogP contribution in [0.25, 0.3) is 0 Å². The molecule has 1 heterocycles. The normalized spacial score (nSPS) is 23.9. The van der Waals surface area contributed by atoms with Gasteiger partial charge in [-0.2, -0.15) is 0 Å². The van der Waals surface area contributed by atoms with Crippen molar-refractivity contribution in [2.24, 2.45) is 13.0 Å². The molecule has 7 heteroatoms. The van der Waals surface area contributed by atoms with Crippen molar-refractivity contribution in [2.45, 2.75) is 43.8 Å². The minimum Gasteiger partial charge on any atom is -0.352 e. The lowest BCUT2D eigenvalue weighted by molar-refractivity contribution is -0.119. The molecule has 0 unspecified atom stereocenters. The Hall–Kier alpha value is -1.11. The fraction of sp³-hybridized carbons (Fsp3) is 0.818. The topological polar surface area (TPSA) is 72.7 Å². The van der Waals surface area contributed by atoms with Crippen LogP contribution < -0.4 is 5.32 Å². The first kappa shape index (κ1) is 13.3. The van der Waals surface area contributed by atoms with Gasteiger partial charge in [0.1, 0.15) is 0 Å². The number of nitrogens with one attached hydrogen (secondary N) is 1. The molecule has 0 radical (unpaired) electrons. The number of thioether (sulfide) groups is 1. The van der Waals surface area contributed by atoms with Crippen molar-refractivity contribution in [3.63, 3.8) is 0 Å². The maximum atomic E-state index is 11.9. The fourth-order valence-electron chi connectivity index (χ4n) is 2.25. The van der Waals surface area contributed by atoms with Crippen LogP contribution in [0.5, 0.6) is 0 Å². The van der Waals surface area contributed by atoms with E-state index in [-0.39, 0.29) is 5.91 Å². The summed E-state index contributed by atoms with van der Waals surface area (Å²) in [4.78, 5) is 11.9. The lowest BCUT2D eigenvalue weighted by Crippen LogP contribution is -2.41. The van der Waals surface area contributed by atoms with Crippen LogP contribution in [0.15, 0.2) is 5.16 Å². The summed E-state index contributed by atoms with van der Waals surface area (Å²) in [6.45, 7) is 2.21. The van der Waals surface area contributed by atoms with Crippen molar-refractivity contribution in [1.29, 1.82) is 0 Å². The summed E-state index contributed by atoms with van der Waals surface area (Å²) >= 11 is 1.37. The Balaban J connectivity index is 1.76. The zero-order chi connectivity index (χ0) is 13.0. The van der Waals surface area contributed by atoms with Crippen molar-refractivity contribution < 1.29 is 4.79 Å². The van der Waals surface area contributed by atoms with Gasteiger partial charge in [0.2, 0.25) is 11.1 Å². The zero-order valence-electron chi connectivity index (χ0n) is 10.8. The van der Waals surface area contributed by atoms with Gasteiger partial charge in [0.15, 0.2) is 0 Å². The van der Waals surface area contributed by atoms with Crippen LogP contribution in [-0.4, -0.2) is 37.9 Å². The summed E-state index contributed by atoms with van der Waals surface area (Å²) in [5, 5.41) is 14.9. The Morgan fingerprint density at radius 2 is 2.28 bits per heavy atom. The number of rotatable bonds is 4. The van der Waals surface area contributed by atoms with Gasteiger partial charge in [0.05, 0.1) is 5.75 Å². The van der Waals surface area contributed by atoms with E-state index < -0.39 is 0 Å². The van der Waals surface area contributed by atoms with Crippen LogP contribution in [0.3, 0.4) is 0 Å². The number of hydrogen-bond donors (Lipinski definition) is 1. The molecule has 0 spiro atoms. The van der Waals surface area contributed by atoms with Crippen LogP contribution >= 0.6 is 11.8 Å². The first-order valence-electron chi connectivity index (χ1n) is 6.31. The molecule has 0 bridgehead atoms. The van der Waals surface area contributed by atoms with Gasteiger partial charge in [-0.1, -0.05) is 31.5 Å². The van der Waals surface area contributed by atoms with Gasteiger partial charge in [0, 0.05) is 13.1 Å². The molecule has 1 saturated carbocycles. The Labute approximate surface area is 111 Å². The van der Waals surface area contributed by atoms with E-state index in [0.29, 0.717) is 22.9 Å². The lowest BCUT2D eigenvalue weighted by atomic mass is 9.86. The molecule has 2 atom stereocenters. The van der Waals surface area contributed by atoms with E-state index in [9.17, 15) is 4.79 Å². The van der Waals surface area contributed by atoms with Gasteiger partial charge < -0.3 is 5.32 Å². The molecule has 6 nitrogen and oxygen atoms in total. The number of carbonyl (C=O) groups is 1. The Kier molecular flexibility index (Phi) is 4.57. The summed E-state index contributed by atoms with van der Waals surface area (Å²) in [5.41, 5.74) is 0. The lowest BCUT2D eigenvalue weighted by Gasteiger charge is -2.29. The van der Waals surface area contributed by atoms with Crippen molar-refractivity contribution in [2.75, 3.05) is 5.75 Å². The van der Waals surface area contributed by atoms with Gasteiger partial charge in [-0.15, -0.1) is 5.10 Å². The van der Waals surface area contributed by atoms with Gasteiger partial charge in [0.25, 0.3) is 0 Å². The highest BCUT2D eigenvalue weighted by Crippen LogP contribution is 2.23. The molecule has 0 saturated heterocycles. The molecule has 1 aliphatic rings. The van der Waals surface area contributed by atoms with E-state index in [1.54, 1.807) is 11.7 Å². The third kappa shape index (κ3) is 3.44. The minimum atomic E-state index is 0.0711. The summed E-state index contributed by atoms with van der Waals surface area (Å²) in [6, 6.07) is 0.337. The van der Waals surface area contributed by atoms with Crippen LogP contribution in [0.4, 0.5) is 0 Å². The van der Waals surface area contributed by atoms with E-state index in [2.05, 4.69) is 27.8 Å². The highest BCUT2D eigenvalue weighted by Gasteiger charge is 2.22. The third-order valence-corrected chi connectivity index (χ3v) is 4.38. The second-order valence-corrected chi connectivity index (χ2v) is 5.75. The largest absolute Gasteiger partial charge is 0.352 e. The molecule has 1 aromatic rings. The second-order valence-electron chi connectivity index (χ2n) is 4.81. The minimum absolute atomic E-state index is 0.0711. The highest BCUT2D eigenvalue weighted by molar-refractivity contribution is 7.99. The van der Waals surface area contributed by atoms with Crippen molar-refractivity contribution in [3.8, 4) is 0 Å². The summed E-state index contributed by atoms with van der Waals surface area (Å²) in [7, 11) is 1.77. The smallest absolute Gasteiger partial charge is 0.230 e. The van der Waals surface area contributed by atoms with E-state index in [4.69, 9.17) is 0 Å². The second kappa shape index (κ2) is 6.17. The van der Waals surface area contributed by atoms with Gasteiger partial charge in [-0.3, -0.25) is 4.79 Å². The average molecular weight is 269 g/mol. The maximum absolute atomic E-state index is 11.9. The SMILES string of the molecule is C[C@H]1CCCC[C@H]1NC(=O)CSc1nnnn1C. The van der Waals surface area contributed by atoms with Crippen molar-refractivity contribution in [1.82, 2.24) is 25.5 Å². The Morgan fingerprint density at radius 3 is 2.94 bits per heavy atom. The molecular formula is C11H19N5OS. The molecule has 1 fully saturated rings. The molecule has 1 aromatic heterocycles. The van der Waals surface area contributed by atoms with Gasteiger partial charge in [-0.05, 0) is 29.2 Å². The quantitative estimate of drug-likeness (QED) is 0.825. The molecule has 2 rings (SSSR count). The molecule has 1 aliphatic carbocycles. The Morgan fingerprint density at radius 1 is 1.50 bits per heavy atom. The van der Waals surface area contributed by atoms with Crippen LogP contribution in [-0.2, 0) is 11.8 Å². The Bertz CT molecular complexity index is 408. The van der Waals surface area contributed by atoms with Crippen LogP contribution in [0, 0.1) is 5.92 Å². The average Bonchev–Trinajstić information content (AvgIpc) is 2.75. The zero-order valence-corrected chi connectivity index (χ0v) is 11.6. The fourth-order valence-corrected chi connectivity index (χ4v) is 2.91. The summed E-state index contributed by atoms with van der Waals surface area (Å²) in [6.07, 6.45) is 4.82. The van der Waals surface area contributed by atoms with E-state index >= 15 is 0 Å². The van der Waals surface area contributed by atoms with E-state index in [1.165, 1.54) is 31.0 Å². The van der Waals surface area contributed by atoms with E-state index in [0.717, 1.165) is 6.42 Å². The van der Waals surface area contributed by atoms with Gasteiger partial charge >= 0.3 is 0 Å². The number of nitrogens with zero attached hydrogens (tertiary/aromatic N) is 4. The molecule has 18 heavy (non-hydrogen) atoms. The number of aryl methyl sites for hydroxylation is 1. The summed E-state index contributed by atoms with van der Waals surface area (Å²) in [5.74, 6) is 1.03. The predicted molar refractivity (Wildman–Crippen MR) is 69.1 cm³/mol. The van der Waals surface area contributed by atoms with Crippen molar-refractivity contribution in [3.05, 3.63) is 0 Å². The monoisotopic (exact) mass is 269 g/mol. The first-order valence-corrected chi connectivity index (χ1v) is 7.30. The highest BCUT2D eigenvalue weighted by atomic mass is 32.2. The number of carbonyl (C=O) groups excluding carboxylic acids is 1. The van der Waals surface area contributed by atoms with Crippen molar-refractivity contribution >= 4 is 17.7 Å². The summed E-state index contributed by atoms with van der Waals surface area (Å²) < 4.78 is 1.57. The van der Waals surface area contributed by atoms with Gasteiger partial charge in [-0.25, -0.2) is 4.68 Å². The molecule has 0 aliphatic heterocycles. The number of hydrogen-bond acceptors (Lipinski definition) is 5. The van der Waals surface area contributed by atoms with Crippen LogP contribution in [0.1, 0.15) is 32.6 Å². The molecule has 100 valence electrons. The number of tetrazole rings is 1. The molecule has 0 aromatic carbocycles. The number of aromatic nitrogens is 4. The third-order valence-electron chi connectivity index (χ3n) is 3.37. The maximum Gasteiger partial charge on any atom is 0.230 e. The van der Waals surface area contributed by atoms with E-state index in [1.807, 2.05) is 0 Å². The standard InChI is InChI=1S/C11H19N5OS/c1-8-5-3-4-6-9(8)12-10(17)7-18-11-13-14-15-16(11)2/h8-9H,3-7H2,1-2H3,(H,12,17)/t8-,9+/m0/s1. The van der Waals surface area contributed by atoms with Crippen LogP contribution in [0.2, 0.25) is 0 Å². The molecular weight excluding hydrogens is 250 g/mol.